The van der Waals surface area contributed by atoms with Crippen molar-refractivity contribution in [2.45, 2.75) is 13.0 Å². The Morgan fingerprint density at radius 3 is 2.47 bits per heavy atom. The van der Waals surface area contributed by atoms with E-state index in [0.29, 0.717) is 6.04 Å². The molecule has 0 saturated carbocycles. The monoisotopic (exact) mass is 224 g/mol. The molecule has 0 aliphatic carbocycles. The number of nitrogens with zero attached hydrogens (tertiary/aromatic N) is 2. The van der Waals surface area contributed by atoms with Crippen LogP contribution in [0.2, 0.25) is 5.02 Å². The van der Waals surface area contributed by atoms with E-state index >= 15 is 0 Å². The zero-order chi connectivity index (χ0) is 10.8. The third kappa shape index (κ3) is 2.44. The summed E-state index contributed by atoms with van der Waals surface area (Å²) in [6.07, 6.45) is 0. The average Bonchev–Trinajstić information content (AvgIpc) is 2.23. The van der Waals surface area contributed by atoms with Crippen LogP contribution in [-0.4, -0.2) is 37.6 Å². The molecule has 0 spiro atoms. The van der Waals surface area contributed by atoms with Crippen molar-refractivity contribution in [3.63, 3.8) is 0 Å². The summed E-state index contributed by atoms with van der Waals surface area (Å²) in [5.41, 5.74) is 1.28. The van der Waals surface area contributed by atoms with Crippen LogP contribution in [-0.2, 0) is 0 Å². The van der Waals surface area contributed by atoms with Gasteiger partial charge in [-0.1, -0.05) is 11.6 Å². The Kier molecular flexibility index (Phi) is 3.17. The van der Waals surface area contributed by atoms with Gasteiger partial charge in [-0.05, 0) is 38.2 Å². The van der Waals surface area contributed by atoms with E-state index in [4.69, 9.17) is 11.6 Å². The molecule has 2 nitrogen and oxygen atoms in total. The largest absolute Gasteiger partial charge is 0.369 e. The minimum atomic E-state index is 0.620. The zero-order valence-electron chi connectivity index (χ0n) is 9.28. The van der Waals surface area contributed by atoms with E-state index in [1.165, 1.54) is 5.69 Å². The molecule has 1 heterocycles. The second-order valence-corrected chi connectivity index (χ2v) is 4.69. The summed E-state index contributed by atoms with van der Waals surface area (Å²) in [7, 11) is 2.18. The lowest BCUT2D eigenvalue weighted by atomic mass is 10.2. The summed E-state index contributed by atoms with van der Waals surface area (Å²) in [4.78, 5) is 4.81. The van der Waals surface area contributed by atoms with Gasteiger partial charge in [-0.25, -0.2) is 0 Å². The summed E-state index contributed by atoms with van der Waals surface area (Å²) in [6, 6.07) is 8.73. The molecule has 1 atom stereocenters. The minimum Gasteiger partial charge on any atom is -0.369 e. The van der Waals surface area contributed by atoms with Crippen LogP contribution < -0.4 is 4.90 Å². The number of hydrogen-bond donors (Lipinski definition) is 0. The van der Waals surface area contributed by atoms with Crippen molar-refractivity contribution in [1.82, 2.24) is 4.90 Å². The second-order valence-electron chi connectivity index (χ2n) is 4.25. The molecule has 0 bridgehead atoms. The first kappa shape index (κ1) is 10.8. The predicted molar refractivity (Wildman–Crippen MR) is 65.8 cm³/mol. The zero-order valence-corrected chi connectivity index (χ0v) is 10.0. The fourth-order valence-electron chi connectivity index (χ4n) is 1.93. The molecule has 0 radical (unpaired) electrons. The summed E-state index contributed by atoms with van der Waals surface area (Å²) in [5, 5.41) is 0.806. The molecule has 1 saturated heterocycles. The summed E-state index contributed by atoms with van der Waals surface area (Å²) >= 11 is 5.88. The van der Waals surface area contributed by atoms with E-state index in [9.17, 15) is 0 Å². The molecular weight excluding hydrogens is 208 g/mol. The van der Waals surface area contributed by atoms with Crippen LogP contribution in [0.4, 0.5) is 5.69 Å². The Morgan fingerprint density at radius 2 is 1.87 bits per heavy atom. The molecule has 82 valence electrons. The highest BCUT2D eigenvalue weighted by Crippen LogP contribution is 2.20. The van der Waals surface area contributed by atoms with Gasteiger partial charge in [0.2, 0.25) is 0 Å². The predicted octanol–water partition coefficient (Wildman–Crippen LogP) is 2.48. The highest BCUT2D eigenvalue weighted by atomic mass is 35.5. The molecule has 0 N–H and O–H groups in total. The fraction of sp³-hybridized carbons (Fsp3) is 0.500. The quantitative estimate of drug-likeness (QED) is 0.723. The van der Waals surface area contributed by atoms with Crippen molar-refractivity contribution in [2.75, 3.05) is 31.6 Å². The number of likely N-dealkylation sites (N-methyl/N-ethyl adjacent to an activating group) is 1. The van der Waals surface area contributed by atoms with E-state index < -0.39 is 0 Å². The van der Waals surface area contributed by atoms with Crippen molar-refractivity contribution in [1.29, 1.82) is 0 Å². The Labute approximate surface area is 96.4 Å². The Morgan fingerprint density at radius 1 is 1.20 bits per heavy atom. The van der Waals surface area contributed by atoms with Gasteiger partial charge in [-0.3, -0.25) is 0 Å². The molecule has 15 heavy (non-hydrogen) atoms. The number of piperazine rings is 1. The van der Waals surface area contributed by atoms with Gasteiger partial charge >= 0.3 is 0 Å². The highest BCUT2D eigenvalue weighted by molar-refractivity contribution is 6.30. The Hall–Kier alpha value is -0.730. The lowest BCUT2D eigenvalue weighted by Crippen LogP contribution is -2.50. The molecule has 0 unspecified atom stereocenters. The van der Waals surface area contributed by atoms with E-state index in [-0.39, 0.29) is 0 Å². The third-order valence-corrected chi connectivity index (χ3v) is 3.40. The van der Waals surface area contributed by atoms with Crippen molar-refractivity contribution < 1.29 is 0 Å². The molecule has 0 aromatic heterocycles. The van der Waals surface area contributed by atoms with Gasteiger partial charge in [0, 0.05) is 36.4 Å². The molecule has 1 aromatic rings. The van der Waals surface area contributed by atoms with E-state index in [0.717, 1.165) is 24.7 Å². The Bertz CT molecular complexity index is 323. The van der Waals surface area contributed by atoms with Gasteiger partial charge < -0.3 is 9.80 Å². The molecule has 1 aromatic carbocycles. The number of hydrogen-bond acceptors (Lipinski definition) is 2. The second kappa shape index (κ2) is 4.42. The van der Waals surface area contributed by atoms with E-state index in [1.54, 1.807) is 0 Å². The average molecular weight is 225 g/mol. The van der Waals surface area contributed by atoms with Crippen LogP contribution in [0.3, 0.4) is 0 Å². The van der Waals surface area contributed by atoms with Gasteiger partial charge in [0.1, 0.15) is 0 Å². The normalized spacial score (nSPS) is 23.1. The van der Waals surface area contributed by atoms with Crippen LogP contribution in [0.5, 0.6) is 0 Å². The summed E-state index contributed by atoms with van der Waals surface area (Å²) in [5.74, 6) is 0. The molecule has 0 amide bonds. The lowest BCUT2D eigenvalue weighted by Gasteiger charge is -2.39. The van der Waals surface area contributed by atoms with Crippen LogP contribution in [0, 0.1) is 0 Å². The van der Waals surface area contributed by atoms with E-state index in [2.05, 4.69) is 35.9 Å². The topological polar surface area (TPSA) is 6.48 Å². The molecule has 1 fully saturated rings. The molecule has 1 aliphatic heterocycles. The number of benzene rings is 1. The smallest absolute Gasteiger partial charge is 0.0407 e. The lowest BCUT2D eigenvalue weighted by molar-refractivity contribution is 0.234. The van der Waals surface area contributed by atoms with Gasteiger partial charge in [-0.2, -0.15) is 0 Å². The van der Waals surface area contributed by atoms with Gasteiger partial charge in [0.05, 0.1) is 0 Å². The Balaban J connectivity index is 2.08. The highest BCUT2D eigenvalue weighted by Gasteiger charge is 2.20. The maximum absolute atomic E-state index is 5.88. The van der Waals surface area contributed by atoms with Crippen molar-refractivity contribution in [3.05, 3.63) is 29.3 Å². The van der Waals surface area contributed by atoms with Gasteiger partial charge in [-0.15, -0.1) is 0 Å². The van der Waals surface area contributed by atoms with Crippen molar-refractivity contribution in [3.8, 4) is 0 Å². The van der Waals surface area contributed by atoms with Gasteiger partial charge in [0.25, 0.3) is 0 Å². The van der Waals surface area contributed by atoms with Crippen molar-refractivity contribution >= 4 is 17.3 Å². The summed E-state index contributed by atoms with van der Waals surface area (Å²) in [6.45, 7) is 5.59. The third-order valence-electron chi connectivity index (χ3n) is 3.15. The first-order valence-corrected chi connectivity index (χ1v) is 5.75. The minimum absolute atomic E-state index is 0.620. The SMILES string of the molecule is C[C@H]1CN(c2ccc(Cl)cc2)CCN1C. The van der Waals surface area contributed by atoms with E-state index in [1.807, 2.05) is 12.1 Å². The van der Waals surface area contributed by atoms with Crippen molar-refractivity contribution in [2.24, 2.45) is 0 Å². The standard InChI is InChI=1S/C12H17ClN2/c1-10-9-15(8-7-14(10)2)12-5-3-11(13)4-6-12/h3-6,10H,7-9H2,1-2H3/t10-/m0/s1. The number of rotatable bonds is 1. The molecule has 3 heteroatoms. The molecule has 2 rings (SSSR count). The number of anilines is 1. The van der Waals surface area contributed by atoms with Crippen LogP contribution in [0.25, 0.3) is 0 Å². The van der Waals surface area contributed by atoms with Crippen LogP contribution in [0.1, 0.15) is 6.92 Å². The summed E-state index contributed by atoms with van der Waals surface area (Å²) < 4.78 is 0. The van der Waals surface area contributed by atoms with Gasteiger partial charge in [0.15, 0.2) is 0 Å². The first-order chi connectivity index (χ1) is 7.16. The fourth-order valence-corrected chi connectivity index (χ4v) is 2.06. The maximum atomic E-state index is 5.88. The first-order valence-electron chi connectivity index (χ1n) is 5.37. The molecular formula is C12H17ClN2. The molecule has 1 aliphatic rings. The van der Waals surface area contributed by atoms with Crippen LogP contribution in [0.15, 0.2) is 24.3 Å². The maximum Gasteiger partial charge on any atom is 0.0407 e. The van der Waals surface area contributed by atoms with Crippen LogP contribution >= 0.6 is 11.6 Å². The number of halogens is 1.